The third-order valence-electron chi connectivity index (χ3n) is 3.22. The van der Waals surface area contributed by atoms with Gasteiger partial charge in [0, 0.05) is 5.02 Å². The van der Waals surface area contributed by atoms with Crippen molar-refractivity contribution in [2.24, 2.45) is 0 Å². The summed E-state index contributed by atoms with van der Waals surface area (Å²) in [4.78, 5) is -0.180. The number of sulfonamides is 1. The molecule has 0 aromatic heterocycles. The molecule has 0 saturated carbocycles. The third-order valence-corrected chi connectivity index (χ3v) is 10.9. The minimum Gasteiger partial charge on any atom is -0.307 e. The van der Waals surface area contributed by atoms with Crippen molar-refractivity contribution in [1.29, 1.82) is 0 Å². The van der Waals surface area contributed by atoms with Crippen LogP contribution >= 0.6 is 26.8 Å². The lowest BCUT2D eigenvalue weighted by Gasteiger charge is -2.31. The Labute approximate surface area is 171 Å². The number of benzene rings is 1. The van der Waals surface area contributed by atoms with Crippen molar-refractivity contribution < 1.29 is 35.6 Å². The summed E-state index contributed by atoms with van der Waals surface area (Å²) in [6.07, 6.45) is 0. The molecule has 162 valence electrons. The Hall–Kier alpha value is -0.280. The maximum Gasteiger partial charge on any atom is 0.360 e. The molecular weight excluding hydrogens is 452 g/mol. The SMILES string of the molecule is CCOP(=O)(OCC)C(NS(=O)(=O)c1ccc(Cl)cc1)P(=O)(OCC)OCC. The Morgan fingerprint density at radius 1 is 0.857 bits per heavy atom. The molecule has 0 bridgehead atoms. The van der Waals surface area contributed by atoms with Gasteiger partial charge in [0.05, 0.1) is 31.3 Å². The molecular formula is C15H26ClNO8P2S. The van der Waals surface area contributed by atoms with Gasteiger partial charge in [-0.05, 0) is 52.0 Å². The van der Waals surface area contributed by atoms with Gasteiger partial charge in [0.1, 0.15) is 0 Å². The van der Waals surface area contributed by atoms with Gasteiger partial charge in [0.2, 0.25) is 15.5 Å². The number of halogens is 1. The van der Waals surface area contributed by atoms with Crippen LogP contribution in [0.2, 0.25) is 5.02 Å². The molecule has 1 rings (SSSR count). The summed E-state index contributed by atoms with van der Waals surface area (Å²) in [7, 11) is -12.8. The van der Waals surface area contributed by atoms with Gasteiger partial charge in [0.25, 0.3) is 0 Å². The third kappa shape index (κ3) is 6.62. The first-order valence-electron chi connectivity index (χ1n) is 8.64. The van der Waals surface area contributed by atoms with Crippen molar-refractivity contribution in [3.63, 3.8) is 0 Å². The van der Waals surface area contributed by atoms with Gasteiger partial charge in [-0.25, -0.2) is 8.42 Å². The molecule has 1 N–H and O–H groups in total. The molecule has 9 nitrogen and oxygen atoms in total. The van der Waals surface area contributed by atoms with Crippen molar-refractivity contribution in [3.8, 4) is 0 Å². The summed E-state index contributed by atoms with van der Waals surface area (Å²) in [5.74, 6) is 0. The van der Waals surface area contributed by atoms with Crippen molar-refractivity contribution in [2.75, 3.05) is 26.4 Å². The topological polar surface area (TPSA) is 117 Å². The highest BCUT2D eigenvalue weighted by atomic mass is 35.5. The molecule has 0 atom stereocenters. The summed E-state index contributed by atoms with van der Waals surface area (Å²) in [5.41, 5.74) is -1.89. The Morgan fingerprint density at radius 3 is 1.54 bits per heavy atom. The molecule has 0 aliphatic heterocycles. The second-order valence-corrected chi connectivity index (χ2v) is 12.0. The van der Waals surface area contributed by atoms with Gasteiger partial charge < -0.3 is 18.1 Å². The highest BCUT2D eigenvalue weighted by Crippen LogP contribution is 2.69. The Morgan fingerprint density at radius 2 is 1.21 bits per heavy atom. The average molecular weight is 478 g/mol. The fourth-order valence-electron chi connectivity index (χ4n) is 2.20. The van der Waals surface area contributed by atoms with E-state index in [0.717, 1.165) is 0 Å². The van der Waals surface area contributed by atoms with Gasteiger partial charge in [-0.15, -0.1) is 0 Å². The van der Waals surface area contributed by atoms with Crippen LogP contribution in [0.1, 0.15) is 27.7 Å². The maximum absolute atomic E-state index is 13.3. The van der Waals surface area contributed by atoms with Gasteiger partial charge in [-0.3, -0.25) is 9.13 Å². The lowest BCUT2D eigenvalue weighted by atomic mass is 10.4. The van der Waals surface area contributed by atoms with Crippen LogP contribution in [0.25, 0.3) is 0 Å². The molecule has 0 fully saturated rings. The van der Waals surface area contributed by atoms with Crippen molar-refractivity contribution >= 4 is 36.8 Å². The van der Waals surface area contributed by atoms with Crippen LogP contribution in [0.3, 0.4) is 0 Å². The van der Waals surface area contributed by atoms with Crippen LogP contribution in [0.15, 0.2) is 29.2 Å². The second-order valence-electron chi connectivity index (χ2n) is 5.20. The van der Waals surface area contributed by atoms with E-state index in [-0.39, 0.29) is 31.3 Å². The van der Waals surface area contributed by atoms with E-state index in [1.165, 1.54) is 24.3 Å². The summed E-state index contributed by atoms with van der Waals surface area (Å²) < 4.78 is 75.4. The minimum absolute atomic E-state index is 0.0747. The largest absolute Gasteiger partial charge is 0.360 e. The first-order valence-corrected chi connectivity index (χ1v) is 13.7. The van der Waals surface area contributed by atoms with E-state index in [1.807, 2.05) is 0 Å². The van der Waals surface area contributed by atoms with Crippen LogP contribution in [0.4, 0.5) is 0 Å². The molecule has 13 heteroatoms. The van der Waals surface area contributed by atoms with E-state index in [2.05, 4.69) is 4.72 Å². The molecule has 1 aromatic rings. The molecule has 0 spiro atoms. The zero-order valence-corrected chi connectivity index (χ0v) is 19.5. The van der Waals surface area contributed by atoms with E-state index in [0.29, 0.717) is 5.02 Å². The molecule has 0 saturated heterocycles. The zero-order valence-electron chi connectivity index (χ0n) is 16.2. The Balaban J connectivity index is 3.50. The molecule has 0 amide bonds. The number of nitrogens with one attached hydrogen (secondary N) is 1. The molecule has 0 aliphatic rings. The van der Waals surface area contributed by atoms with E-state index >= 15 is 0 Å². The van der Waals surface area contributed by atoms with E-state index in [9.17, 15) is 17.5 Å². The maximum atomic E-state index is 13.3. The molecule has 0 radical (unpaired) electrons. The Bertz CT molecular complexity index is 768. The quantitative estimate of drug-likeness (QED) is 0.414. The first kappa shape index (κ1) is 25.8. The highest BCUT2D eigenvalue weighted by molar-refractivity contribution is 7.90. The van der Waals surface area contributed by atoms with E-state index < -0.39 is 30.7 Å². The van der Waals surface area contributed by atoms with Gasteiger partial charge in [0.15, 0.2) is 0 Å². The lowest BCUT2D eigenvalue weighted by Crippen LogP contribution is -2.37. The summed E-state index contributed by atoms with van der Waals surface area (Å²) in [5, 5.41) is 0.333. The van der Waals surface area contributed by atoms with Crippen molar-refractivity contribution in [1.82, 2.24) is 4.72 Å². The molecule has 0 unspecified atom stereocenters. The minimum atomic E-state index is -4.29. The van der Waals surface area contributed by atoms with Crippen LogP contribution in [-0.4, -0.2) is 40.4 Å². The zero-order chi connectivity index (χ0) is 21.4. The summed E-state index contributed by atoms with van der Waals surface area (Å²) in [6.45, 7) is 5.88. The number of rotatable bonds is 13. The fraction of sp³-hybridized carbons (Fsp3) is 0.600. The lowest BCUT2D eigenvalue weighted by molar-refractivity contribution is 0.193. The summed E-state index contributed by atoms with van der Waals surface area (Å²) >= 11 is 5.79. The van der Waals surface area contributed by atoms with Crippen LogP contribution < -0.4 is 4.72 Å². The fourth-order valence-corrected chi connectivity index (χ4v) is 9.44. The molecule has 28 heavy (non-hydrogen) atoms. The predicted octanol–water partition coefficient (Wildman–Crippen LogP) is 4.43. The van der Waals surface area contributed by atoms with Crippen LogP contribution in [-0.2, 0) is 37.2 Å². The number of hydrogen-bond acceptors (Lipinski definition) is 8. The van der Waals surface area contributed by atoms with Gasteiger partial charge in [-0.2, -0.15) is 4.72 Å². The van der Waals surface area contributed by atoms with Crippen molar-refractivity contribution in [2.45, 2.75) is 38.1 Å². The van der Waals surface area contributed by atoms with Gasteiger partial charge in [-0.1, -0.05) is 11.6 Å². The van der Waals surface area contributed by atoms with Gasteiger partial charge >= 0.3 is 15.2 Å². The standard InChI is InChI=1S/C15H26ClNO8P2S/c1-5-22-26(18,23-6-2)15(27(19,24-7-3)25-8-4)17-28(20,21)14-11-9-13(16)10-12-14/h9-12,15,17H,5-8H2,1-4H3. The van der Waals surface area contributed by atoms with Crippen molar-refractivity contribution in [3.05, 3.63) is 29.3 Å². The average Bonchev–Trinajstić information content (AvgIpc) is 2.61. The van der Waals surface area contributed by atoms with Crippen LogP contribution in [0, 0.1) is 0 Å². The second kappa shape index (κ2) is 11.2. The van der Waals surface area contributed by atoms with E-state index in [4.69, 9.17) is 29.7 Å². The normalized spacial score (nSPS) is 13.2. The smallest absolute Gasteiger partial charge is 0.307 e. The Kier molecular flexibility index (Phi) is 10.3. The first-order chi connectivity index (χ1) is 13.1. The molecule has 1 aromatic carbocycles. The van der Waals surface area contributed by atoms with Crippen LogP contribution in [0.5, 0.6) is 0 Å². The molecule has 0 aliphatic carbocycles. The predicted molar refractivity (Wildman–Crippen MR) is 107 cm³/mol. The van der Waals surface area contributed by atoms with E-state index in [1.54, 1.807) is 27.7 Å². The summed E-state index contributed by atoms with van der Waals surface area (Å²) in [6, 6.07) is 5.25. The highest BCUT2D eigenvalue weighted by Gasteiger charge is 2.53. The number of hydrogen-bond donors (Lipinski definition) is 1. The monoisotopic (exact) mass is 477 g/mol. The molecule has 0 heterocycles.